The molecule has 0 heterocycles. The van der Waals surface area contributed by atoms with Gasteiger partial charge in [0.2, 0.25) is 0 Å². The highest BCUT2D eigenvalue weighted by molar-refractivity contribution is 5.72. The summed E-state index contributed by atoms with van der Waals surface area (Å²) in [6.07, 6.45) is 0.0169. The Hall–Kier alpha value is -3.14. The van der Waals surface area contributed by atoms with E-state index >= 15 is 0 Å². The molecule has 3 aromatic rings. The highest BCUT2D eigenvalue weighted by Crippen LogP contribution is 2.20. The summed E-state index contributed by atoms with van der Waals surface area (Å²) < 4.78 is 23.8. The summed E-state index contributed by atoms with van der Waals surface area (Å²) in [5.41, 5.74) is 3.69. The van der Waals surface area contributed by atoms with Crippen LogP contribution >= 0.6 is 0 Å². The van der Waals surface area contributed by atoms with Gasteiger partial charge >= 0.3 is 5.97 Å². The summed E-state index contributed by atoms with van der Waals surface area (Å²) in [5, 5.41) is 0. The molecule has 0 unspecified atom stereocenters. The summed E-state index contributed by atoms with van der Waals surface area (Å²) in [6.45, 7) is 0.187. The van der Waals surface area contributed by atoms with E-state index in [1.807, 2.05) is 54.6 Å². The maximum Gasteiger partial charge on any atom is 0.310 e. The van der Waals surface area contributed by atoms with Gasteiger partial charge in [0.1, 0.15) is 6.61 Å². The summed E-state index contributed by atoms with van der Waals surface area (Å²) in [6, 6.07) is 22.4. The number of halogens is 1. The van der Waals surface area contributed by atoms with Gasteiger partial charge in [0.25, 0.3) is 0 Å². The van der Waals surface area contributed by atoms with Crippen molar-refractivity contribution >= 4 is 5.97 Å². The summed E-state index contributed by atoms with van der Waals surface area (Å²) in [7, 11) is 1.40. The van der Waals surface area contributed by atoms with Crippen LogP contribution in [0.25, 0.3) is 11.1 Å². The fourth-order valence-corrected chi connectivity index (χ4v) is 2.63. The van der Waals surface area contributed by atoms with Gasteiger partial charge in [-0.2, -0.15) is 0 Å². The molecule has 3 rings (SSSR count). The number of hydrogen-bond donors (Lipinski definition) is 0. The standard InChI is InChI=1S/C22H19FO3/c1-25-21-12-9-17(13-20(21)23)14-22(24)26-15-16-7-10-19(11-8-16)18-5-3-2-4-6-18/h2-13H,14-15H2,1H3. The zero-order chi connectivity index (χ0) is 18.4. The zero-order valence-electron chi connectivity index (χ0n) is 14.4. The molecule has 0 saturated carbocycles. The molecule has 0 aliphatic heterocycles. The van der Waals surface area contributed by atoms with E-state index in [1.54, 1.807) is 6.07 Å². The molecule has 0 aliphatic carbocycles. The van der Waals surface area contributed by atoms with Crippen LogP contribution in [0.1, 0.15) is 11.1 Å². The van der Waals surface area contributed by atoms with E-state index in [2.05, 4.69) is 0 Å². The average molecular weight is 350 g/mol. The Kier molecular flexibility index (Phi) is 5.64. The van der Waals surface area contributed by atoms with Gasteiger partial charge in [-0.3, -0.25) is 4.79 Å². The molecular weight excluding hydrogens is 331 g/mol. The van der Waals surface area contributed by atoms with Gasteiger partial charge in [0.15, 0.2) is 11.6 Å². The first-order valence-electron chi connectivity index (χ1n) is 8.28. The normalized spacial score (nSPS) is 10.4. The second-order valence-electron chi connectivity index (χ2n) is 5.87. The summed E-state index contributed by atoms with van der Waals surface area (Å²) in [4.78, 5) is 12.0. The van der Waals surface area contributed by atoms with Crippen molar-refractivity contribution in [3.8, 4) is 16.9 Å². The maximum atomic E-state index is 13.7. The summed E-state index contributed by atoms with van der Waals surface area (Å²) in [5.74, 6) is -0.739. The molecule has 0 N–H and O–H groups in total. The van der Waals surface area contributed by atoms with Crippen molar-refractivity contribution in [3.63, 3.8) is 0 Å². The Morgan fingerprint density at radius 1 is 0.885 bits per heavy atom. The molecule has 0 aliphatic rings. The van der Waals surface area contributed by atoms with Crippen molar-refractivity contribution in [2.45, 2.75) is 13.0 Å². The van der Waals surface area contributed by atoms with Gasteiger partial charge in [-0.1, -0.05) is 60.7 Å². The molecule has 132 valence electrons. The van der Waals surface area contributed by atoms with E-state index in [0.717, 1.165) is 16.7 Å². The molecule has 0 radical (unpaired) electrons. The van der Waals surface area contributed by atoms with Gasteiger partial charge in [-0.05, 0) is 34.4 Å². The summed E-state index contributed by atoms with van der Waals surface area (Å²) >= 11 is 0. The largest absolute Gasteiger partial charge is 0.494 e. The third-order valence-corrected chi connectivity index (χ3v) is 4.03. The van der Waals surface area contributed by atoms with Crippen LogP contribution in [0.5, 0.6) is 5.75 Å². The Labute approximate surface area is 152 Å². The minimum atomic E-state index is -0.491. The minimum absolute atomic E-state index is 0.0169. The number of carbonyl (C=O) groups is 1. The van der Waals surface area contributed by atoms with E-state index in [-0.39, 0.29) is 18.8 Å². The molecule has 4 heteroatoms. The average Bonchev–Trinajstić information content (AvgIpc) is 2.68. The minimum Gasteiger partial charge on any atom is -0.494 e. The molecule has 0 aromatic heterocycles. The van der Waals surface area contributed by atoms with Crippen molar-refractivity contribution in [2.24, 2.45) is 0 Å². The Morgan fingerprint density at radius 2 is 1.54 bits per heavy atom. The van der Waals surface area contributed by atoms with Gasteiger partial charge in [0, 0.05) is 0 Å². The van der Waals surface area contributed by atoms with Crippen LogP contribution in [0.2, 0.25) is 0 Å². The third-order valence-electron chi connectivity index (χ3n) is 4.03. The molecule has 26 heavy (non-hydrogen) atoms. The highest BCUT2D eigenvalue weighted by Gasteiger charge is 2.09. The van der Waals surface area contributed by atoms with Crippen molar-refractivity contribution in [3.05, 3.63) is 89.7 Å². The van der Waals surface area contributed by atoms with Gasteiger partial charge in [-0.25, -0.2) is 4.39 Å². The Balaban J connectivity index is 1.55. The van der Waals surface area contributed by atoms with Gasteiger partial charge in [0.05, 0.1) is 13.5 Å². The molecule has 0 amide bonds. The number of ether oxygens (including phenoxy) is 2. The first kappa shape index (κ1) is 17.7. The van der Waals surface area contributed by atoms with Crippen molar-refractivity contribution in [1.29, 1.82) is 0 Å². The highest BCUT2D eigenvalue weighted by atomic mass is 19.1. The second-order valence-corrected chi connectivity index (χ2v) is 5.87. The van der Waals surface area contributed by atoms with Crippen molar-refractivity contribution in [2.75, 3.05) is 7.11 Å². The molecular formula is C22H19FO3. The van der Waals surface area contributed by atoms with Crippen LogP contribution in [0.3, 0.4) is 0 Å². The van der Waals surface area contributed by atoms with E-state index in [0.29, 0.717) is 5.56 Å². The second kappa shape index (κ2) is 8.30. The van der Waals surface area contributed by atoms with Crippen molar-refractivity contribution < 1.29 is 18.7 Å². The van der Waals surface area contributed by atoms with Gasteiger partial charge in [-0.15, -0.1) is 0 Å². The molecule has 0 spiro atoms. The first-order chi connectivity index (χ1) is 12.7. The number of benzene rings is 3. The third kappa shape index (κ3) is 4.48. The fourth-order valence-electron chi connectivity index (χ4n) is 2.63. The molecule has 3 aromatic carbocycles. The Bertz CT molecular complexity index is 874. The van der Waals surface area contributed by atoms with E-state index in [1.165, 1.54) is 19.2 Å². The number of rotatable bonds is 6. The van der Waals surface area contributed by atoms with Crippen LogP contribution in [0.15, 0.2) is 72.8 Å². The van der Waals surface area contributed by atoms with Crippen LogP contribution in [0.4, 0.5) is 4.39 Å². The Morgan fingerprint density at radius 3 is 2.19 bits per heavy atom. The lowest BCUT2D eigenvalue weighted by molar-refractivity contribution is -0.144. The molecule has 0 saturated heterocycles. The molecule has 3 nitrogen and oxygen atoms in total. The monoisotopic (exact) mass is 350 g/mol. The van der Waals surface area contributed by atoms with Crippen LogP contribution in [-0.4, -0.2) is 13.1 Å². The lowest BCUT2D eigenvalue weighted by atomic mass is 10.0. The predicted molar refractivity (Wildman–Crippen MR) is 98.3 cm³/mol. The van der Waals surface area contributed by atoms with E-state index in [4.69, 9.17) is 9.47 Å². The fraction of sp³-hybridized carbons (Fsp3) is 0.136. The quantitative estimate of drug-likeness (QED) is 0.600. The number of methoxy groups -OCH3 is 1. The number of carbonyl (C=O) groups excluding carboxylic acids is 1. The van der Waals surface area contributed by atoms with E-state index < -0.39 is 11.8 Å². The van der Waals surface area contributed by atoms with Gasteiger partial charge < -0.3 is 9.47 Å². The van der Waals surface area contributed by atoms with E-state index in [9.17, 15) is 9.18 Å². The van der Waals surface area contributed by atoms with Crippen molar-refractivity contribution in [1.82, 2.24) is 0 Å². The molecule has 0 bridgehead atoms. The van der Waals surface area contributed by atoms with Crippen LogP contribution in [-0.2, 0) is 22.6 Å². The lowest BCUT2D eigenvalue weighted by Crippen LogP contribution is -2.08. The molecule has 0 atom stereocenters. The predicted octanol–water partition coefficient (Wildman–Crippen LogP) is 4.79. The molecule has 0 fully saturated rings. The maximum absolute atomic E-state index is 13.7. The van der Waals surface area contributed by atoms with Crippen LogP contribution in [0, 0.1) is 5.82 Å². The topological polar surface area (TPSA) is 35.5 Å². The van der Waals surface area contributed by atoms with Crippen LogP contribution < -0.4 is 4.74 Å². The SMILES string of the molecule is COc1ccc(CC(=O)OCc2ccc(-c3ccccc3)cc2)cc1F. The number of esters is 1. The zero-order valence-corrected chi connectivity index (χ0v) is 14.4. The first-order valence-corrected chi connectivity index (χ1v) is 8.28. The smallest absolute Gasteiger partial charge is 0.310 e. The lowest BCUT2D eigenvalue weighted by Gasteiger charge is -2.08. The number of hydrogen-bond acceptors (Lipinski definition) is 3.